The van der Waals surface area contributed by atoms with E-state index in [-0.39, 0.29) is 17.9 Å². The van der Waals surface area contributed by atoms with Crippen molar-refractivity contribution >= 4 is 29.0 Å². The average molecular weight is 414 g/mol. The van der Waals surface area contributed by atoms with Crippen LogP contribution >= 0.6 is 11.3 Å². The third-order valence-electron chi connectivity index (χ3n) is 5.76. The van der Waals surface area contributed by atoms with Crippen LogP contribution in [0.2, 0.25) is 0 Å². The predicted molar refractivity (Wildman–Crippen MR) is 113 cm³/mol. The third kappa shape index (κ3) is 4.93. The van der Waals surface area contributed by atoms with Crippen LogP contribution < -0.4 is 10.6 Å². The highest BCUT2D eigenvalue weighted by molar-refractivity contribution is 7.13. The van der Waals surface area contributed by atoms with Gasteiger partial charge in [0.2, 0.25) is 5.01 Å². The molecule has 154 valence electrons. The zero-order chi connectivity index (χ0) is 20.2. The molecule has 2 aromatic rings. The lowest BCUT2D eigenvalue weighted by atomic mass is 9.98. The van der Waals surface area contributed by atoms with Crippen molar-refractivity contribution in [3.8, 4) is 0 Å². The first-order chi connectivity index (χ1) is 14.1. The summed E-state index contributed by atoms with van der Waals surface area (Å²) in [4.78, 5) is 26.8. The van der Waals surface area contributed by atoms with Gasteiger partial charge < -0.3 is 15.5 Å². The molecule has 0 unspecified atom stereocenters. The number of amides is 3. The second-order valence-corrected chi connectivity index (χ2v) is 8.97. The van der Waals surface area contributed by atoms with Crippen LogP contribution in [0.3, 0.4) is 0 Å². The number of carbonyl (C=O) groups excluding carboxylic acids is 2. The minimum Gasteiger partial charge on any atom is -0.335 e. The fourth-order valence-electron chi connectivity index (χ4n) is 3.98. The number of nitrogens with one attached hydrogen (secondary N) is 2. The molecule has 2 aliphatic rings. The molecule has 7 nitrogen and oxygen atoms in total. The Morgan fingerprint density at radius 2 is 1.72 bits per heavy atom. The van der Waals surface area contributed by atoms with Crippen LogP contribution in [0.4, 0.5) is 10.5 Å². The number of nitrogens with zero attached hydrogens (tertiary/aromatic N) is 3. The molecular weight excluding hydrogens is 386 g/mol. The SMILES string of the molecule is Cc1ccc(NC(=O)c2nnc(C3CCN(C(=O)NC4CCCC4)CC3)s2)cc1. The second kappa shape index (κ2) is 8.90. The topological polar surface area (TPSA) is 87.2 Å². The highest BCUT2D eigenvalue weighted by Crippen LogP contribution is 2.30. The van der Waals surface area contributed by atoms with Crippen LogP contribution in [0.5, 0.6) is 0 Å². The molecule has 2 fully saturated rings. The first-order valence-corrected chi connectivity index (χ1v) is 11.2. The molecular formula is C21H27N5O2S. The standard InChI is InChI=1S/C21H27N5O2S/c1-14-6-8-17(9-7-14)22-18(27)20-25-24-19(29-20)15-10-12-26(13-11-15)21(28)23-16-4-2-3-5-16/h6-9,15-16H,2-5,10-13H2,1H3,(H,22,27)(H,23,28). The molecule has 1 aliphatic heterocycles. The molecule has 0 spiro atoms. The Labute approximate surface area is 174 Å². The molecule has 0 radical (unpaired) electrons. The van der Waals surface area contributed by atoms with E-state index >= 15 is 0 Å². The normalized spacial score (nSPS) is 18.0. The van der Waals surface area contributed by atoms with Crippen LogP contribution in [0.15, 0.2) is 24.3 Å². The van der Waals surface area contributed by atoms with Gasteiger partial charge in [-0.3, -0.25) is 4.79 Å². The van der Waals surface area contributed by atoms with Crippen LogP contribution in [0, 0.1) is 6.92 Å². The largest absolute Gasteiger partial charge is 0.335 e. The van der Waals surface area contributed by atoms with Gasteiger partial charge in [-0.2, -0.15) is 0 Å². The van der Waals surface area contributed by atoms with Gasteiger partial charge in [0.1, 0.15) is 5.01 Å². The summed E-state index contributed by atoms with van der Waals surface area (Å²) < 4.78 is 0. The zero-order valence-electron chi connectivity index (χ0n) is 16.7. The lowest BCUT2D eigenvalue weighted by Gasteiger charge is -2.31. The van der Waals surface area contributed by atoms with Crippen molar-refractivity contribution in [1.29, 1.82) is 0 Å². The number of piperidine rings is 1. The Bertz CT molecular complexity index is 852. The number of aromatic nitrogens is 2. The Morgan fingerprint density at radius 1 is 1.03 bits per heavy atom. The summed E-state index contributed by atoms with van der Waals surface area (Å²) in [5.74, 6) is 0.0231. The Kier molecular flexibility index (Phi) is 6.08. The van der Waals surface area contributed by atoms with E-state index in [1.807, 2.05) is 36.1 Å². The molecule has 29 heavy (non-hydrogen) atoms. The minimum atomic E-state index is -0.231. The van der Waals surface area contributed by atoms with Crippen molar-refractivity contribution in [2.24, 2.45) is 0 Å². The monoisotopic (exact) mass is 413 g/mol. The minimum absolute atomic E-state index is 0.0609. The van der Waals surface area contributed by atoms with Crippen LogP contribution in [-0.2, 0) is 0 Å². The average Bonchev–Trinajstić information content (AvgIpc) is 3.42. The Balaban J connectivity index is 1.29. The van der Waals surface area contributed by atoms with Gasteiger partial charge in [0, 0.05) is 30.7 Å². The van der Waals surface area contributed by atoms with Gasteiger partial charge in [0.05, 0.1) is 0 Å². The van der Waals surface area contributed by atoms with Crippen LogP contribution in [0.1, 0.15) is 64.8 Å². The van der Waals surface area contributed by atoms with E-state index in [2.05, 4.69) is 20.8 Å². The molecule has 4 rings (SSSR count). The van der Waals surface area contributed by atoms with E-state index in [4.69, 9.17) is 0 Å². The lowest BCUT2D eigenvalue weighted by molar-refractivity contribution is 0.102. The van der Waals surface area contributed by atoms with Crippen molar-refractivity contribution < 1.29 is 9.59 Å². The number of carbonyl (C=O) groups is 2. The van der Waals surface area contributed by atoms with Crippen molar-refractivity contribution in [3.05, 3.63) is 39.8 Å². The summed E-state index contributed by atoms with van der Waals surface area (Å²) >= 11 is 1.35. The van der Waals surface area contributed by atoms with Gasteiger partial charge in [-0.1, -0.05) is 41.9 Å². The summed E-state index contributed by atoms with van der Waals surface area (Å²) in [7, 11) is 0. The highest BCUT2D eigenvalue weighted by Gasteiger charge is 2.28. The number of benzene rings is 1. The first kappa shape index (κ1) is 19.8. The molecule has 1 saturated carbocycles. The van der Waals surface area contributed by atoms with E-state index in [9.17, 15) is 9.59 Å². The number of anilines is 1. The van der Waals surface area contributed by atoms with Crippen molar-refractivity contribution in [2.45, 2.75) is 57.4 Å². The molecule has 1 saturated heterocycles. The van der Waals surface area contributed by atoms with Gasteiger partial charge in [0.25, 0.3) is 5.91 Å². The number of hydrogen-bond donors (Lipinski definition) is 2. The highest BCUT2D eigenvalue weighted by atomic mass is 32.1. The molecule has 8 heteroatoms. The number of likely N-dealkylation sites (tertiary alicyclic amines) is 1. The van der Waals surface area contributed by atoms with E-state index in [0.29, 0.717) is 24.1 Å². The first-order valence-electron chi connectivity index (χ1n) is 10.4. The molecule has 1 aromatic heterocycles. The predicted octanol–water partition coefficient (Wildman–Crippen LogP) is 3.93. The fraction of sp³-hybridized carbons (Fsp3) is 0.524. The Hall–Kier alpha value is -2.48. The van der Waals surface area contributed by atoms with E-state index < -0.39 is 0 Å². The third-order valence-corrected chi connectivity index (χ3v) is 6.84. The van der Waals surface area contributed by atoms with E-state index in [1.165, 1.54) is 24.2 Å². The summed E-state index contributed by atoms with van der Waals surface area (Å²) in [6, 6.07) is 8.07. The number of rotatable bonds is 4. The molecule has 1 aromatic carbocycles. The van der Waals surface area contributed by atoms with Gasteiger partial charge in [-0.05, 0) is 44.7 Å². The maximum Gasteiger partial charge on any atom is 0.317 e. The fourth-order valence-corrected chi connectivity index (χ4v) is 4.89. The van der Waals surface area contributed by atoms with Crippen molar-refractivity contribution in [2.75, 3.05) is 18.4 Å². The van der Waals surface area contributed by atoms with Gasteiger partial charge >= 0.3 is 6.03 Å². The van der Waals surface area contributed by atoms with Crippen molar-refractivity contribution in [3.63, 3.8) is 0 Å². The second-order valence-electron chi connectivity index (χ2n) is 7.96. The van der Waals surface area contributed by atoms with E-state index in [0.717, 1.165) is 41.9 Å². The number of urea groups is 1. The maximum absolute atomic E-state index is 12.4. The lowest BCUT2D eigenvalue weighted by Crippen LogP contribution is -2.47. The summed E-state index contributed by atoms with van der Waals surface area (Å²) in [6.45, 7) is 3.44. The summed E-state index contributed by atoms with van der Waals surface area (Å²) in [5, 5.41) is 15.6. The Morgan fingerprint density at radius 3 is 2.41 bits per heavy atom. The smallest absolute Gasteiger partial charge is 0.317 e. The van der Waals surface area contributed by atoms with Crippen molar-refractivity contribution in [1.82, 2.24) is 20.4 Å². The van der Waals surface area contributed by atoms with Gasteiger partial charge in [-0.15, -0.1) is 10.2 Å². The van der Waals surface area contributed by atoms with Gasteiger partial charge in [0.15, 0.2) is 0 Å². The van der Waals surface area contributed by atoms with E-state index in [1.54, 1.807) is 0 Å². The summed E-state index contributed by atoms with van der Waals surface area (Å²) in [5.41, 5.74) is 1.89. The molecule has 2 heterocycles. The molecule has 0 bridgehead atoms. The molecule has 3 amide bonds. The molecule has 2 N–H and O–H groups in total. The number of hydrogen-bond acceptors (Lipinski definition) is 5. The molecule has 1 aliphatic carbocycles. The summed E-state index contributed by atoms with van der Waals surface area (Å²) in [6.07, 6.45) is 6.33. The molecule has 0 atom stereocenters. The number of aryl methyl sites for hydroxylation is 1. The van der Waals surface area contributed by atoms with Crippen LogP contribution in [0.25, 0.3) is 0 Å². The maximum atomic E-state index is 12.4. The zero-order valence-corrected chi connectivity index (χ0v) is 17.5. The van der Waals surface area contributed by atoms with Crippen LogP contribution in [-0.4, -0.2) is 46.2 Å². The quantitative estimate of drug-likeness (QED) is 0.795. The van der Waals surface area contributed by atoms with Gasteiger partial charge in [-0.25, -0.2) is 4.79 Å².